The number of nitrogens with one attached hydrogen (secondary N) is 1. The smallest absolute Gasteiger partial charge is 0.134 e. The minimum atomic E-state index is 0.487. The molecule has 1 aromatic carbocycles. The van der Waals surface area contributed by atoms with Crippen molar-refractivity contribution in [2.24, 2.45) is 0 Å². The average molecular weight is 271 g/mol. The molecule has 2 heteroatoms. The summed E-state index contributed by atoms with van der Waals surface area (Å²) in [7, 11) is 0. The molecule has 0 bridgehead atoms. The van der Waals surface area contributed by atoms with Crippen molar-refractivity contribution in [2.75, 3.05) is 0 Å². The Balaban J connectivity index is 2.03. The summed E-state index contributed by atoms with van der Waals surface area (Å²) in [5.74, 6) is 2.44. The van der Waals surface area contributed by atoms with Gasteiger partial charge in [-0.2, -0.15) is 0 Å². The minimum Gasteiger partial charge on any atom is -0.459 e. The number of hydrogen-bond acceptors (Lipinski definition) is 2. The summed E-state index contributed by atoms with van der Waals surface area (Å²) in [4.78, 5) is 0. The zero-order valence-electron chi connectivity index (χ0n) is 13.0. The van der Waals surface area contributed by atoms with E-state index >= 15 is 0 Å². The molecule has 0 atom stereocenters. The molecule has 0 spiro atoms. The van der Waals surface area contributed by atoms with Crippen LogP contribution in [0.25, 0.3) is 11.0 Å². The van der Waals surface area contributed by atoms with Gasteiger partial charge in [0.15, 0.2) is 0 Å². The van der Waals surface area contributed by atoms with Crippen LogP contribution in [-0.4, -0.2) is 6.04 Å². The van der Waals surface area contributed by atoms with Gasteiger partial charge in [-0.15, -0.1) is 0 Å². The number of rotatable bonds is 5. The number of furan rings is 1. The van der Waals surface area contributed by atoms with Crippen LogP contribution in [0, 0.1) is 0 Å². The van der Waals surface area contributed by atoms with Gasteiger partial charge >= 0.3 is 0 Å². The highest BCUT2D eigenvalue weighted by Crippen LogP contribution is 2.46. The first kappa shape index (κ1) is 13.7. The molecule has 1 fully saturated rings. The minimum absolute atomic E-state index is 0.487. The molecule has 3 rings (SSSR count). The van der Waals surface area contributed by atoms with Crippen LogP contribution in [0.1, 0.15) is 69.3 Å². The van der Waals surface area contributed by atoms with Crippen molar-refractivity contribution in [3.63, 3.8) is 0 Å². The molecule has 1 heterocycles. The first-order valence-electron chi connectivity index (χ1n) is 7.85. The molecule has 2 aromatic rings. The monoisotopic (exact) mass is 271 g/mol. The van der Waals surface area contributed by atoms with Gasteiger partial charge in [-0.3, -0.25) is 0 Å². The van der Waals surface area contributed by atoms with Gasteiger partial charge in [-0.05, 0) is 42.4 Å². The third-order valence-electron chi connectivity index (χ3n) is 4.15. The Bertz CT molecular complexity index is 605. The largest absolute Gasteiger partial charge is 0.459 e. The molecule has 1 saturated carbocycles. The molecule has 1 N–H and O–H groups in total. The van der Waals surface area contributed by atoms with Crippen molar-refractivity contribution in [3.05, 3.63) is 35.1 Å². The SMILES string of the molecule is CC(C)NCc1oc2ccc(C(C)C)cc2c1C1CC1. The van der Waals surface area contributed by atoms with E-state index in [0.717, 1.165) is 23.8 Å². The molecular weight excluding hydrogens is 246 g/mol. The molecule has 0 radical (unpaired) electrons. The zero-order valence-corrected chi connectivity index (χ0v) is 13.0. The van der Waals surface area contributed by atoms with Crippen LogP contribution in [0.5, 0.6) is 0 Å². The fourth-order valence-corrected chi connectivity index (χ4v) is 2.79. The van der Waals surface area contributed by atoms with Crippen LogP contribution < -0.4 is 5.32 Å². The summed E-state index contributed by atoms with van der Waals surface area (Å²) >= 11 is 0. The molecule has 0 saturated heterocycles. The maximum absolute atomic E-state index is 6.12. The van der Waals surface area contributed by atoms with Crippen LogP contribution >= 0.6 is 0 Å². The Morgan fingerprint density at radius 2 is 1.95 bits per heavy atom. The molecule has 2 nitrogen and oxygen atoms in total. The molecule has 1 aliphatic carbocycles. The van der Waals surface area contributed by atoms with E-state index in [9.17, 15) is 0 Å². The van der Waals surface area contributed by atoms with Gasteiger partial charge in [-0.1, -0.05) is 33.8 Å². The Morgan fingerprint density at radius 1 is 1.20 bits per heavy atom. The molecule has 0 amide bonds. The van der Waals surface area contributed by atoms with Crippen molar-refractivity contribution in [1.29, 1.82) is 0 Å². The van der Waals surface area contributed by atoms with Crippen molar-refractivity contribution >= 4 is 11.0 Å². The highest BCUT2D eigenvalue weighted by atomic mass is 16.3. The second-order valence-corrected chi connectivity index (χ2v) is 6.66. The summed E-state index contributed by atoms with van der Waals surface area (Å²) in [6, 6.07) is 7.18. The summed E-state index contributed by atoms with van der Waals surface area (Å²) in [5.41, 5.74) is 3.93. The standard InChI is InChI=1S/C18H25NO/c1-11(2)14-7-8-16-15(9-14)18(13-5-6-13)17(20-16)10-19-12(3)4/h7-9,11-13,19H,5-6,10H2,1-4H3. The molecule has 1 aromatic heterocycles. The Morgan fingerprint density at radius 3 is 2.55 bits per heavy atom. The molecule has 1 aliphatic rings. The lowest BCUT2D eigenvalue weighted by atomic mass is 9.98. The Hall–Kier alpha value is -1.28. The quantitative estimate of drug-likeness (QED) is 0.834. The lowest BCUT2D eigenvalue weighted by Crippen LogP contribution is -2.22. The second kappa shape index (κ2) is 5.25. The lowest BCUT2D eigenvalue weighted by molar-refractivity contribution is 0.483. The average Bonchev–Trinajstić information content (AvgIpc) is 3.16. The summed E-state index contributed by atoms with van der Waals surface area (Å²) < 4.78 is 6.12. The van der Waals surface area contributed by atoms with E-state index in [-0.39, 0.29) is 0 Å². The van der Waals surface area contributed by atoms with Crippen LogP contribution in [0.4, 0.5) is 0 Å². The topological polar surface area (TPSA) is 25.2 Å². The predicted octanol–water partition coefficient (Wildman–Crippen LogP) is 4.93. The maximum atomic E-state index is 6.12. The van der Waals surface area contributed by atoms with Gasteiger partial charge in [0.1, 0.15) is 11.3 Å². The fraction of sp³-hybridized carbons (Fsp3) is 0.556. The van der Waals surface area contributed by atoms with E-state index < -0.39 is 0 Å². The fourth-order valence-electron chi connectivity index (χ4n) is 2.79. The van der Waals surface area contributed by atoms with E-state index in [1.54, 1.807) is 0 Å². The van der Waals surface area contributed by atoms with E-state index in [2.05, 4.69) is 51.2 Å². The summed E-state index contributed by atoms with van der Waals surface area (Å²) in [5, 5.41) is 4.84. The predicted molar refractivity (Wildman–Crippen MR) is 84.3 cm³/mol. The molecule has 0 aliphatic heterocycles. The summed E-state index contributed by atoms with van der Waals surface area (Å²) in [6.45, 7) is 9.69. The van der Waals surface area contributed by atoms with Crippen LogP contribution in [0.15, 0.2) is 22.6 Å². The second-order valence-electron chi connectivity index (χ2n) is 6.66. The number of fused-ring (bicyclic) bond motifs is 1. The van der Waals surface area contributed by atoms with Crippen molar-refractivity contribution in [2.45, 2.75) is 65.0 Å². The Labute approximate surface area is 121 Å². The third kappa shape index (κ3) is 2.62. The molecule has 0 unspecified atom stereocenters. The Kier molecular flexibility index (Phi) is 3.59. The maximum Gasteiger partial charge on any atom is 0.134 e. The van der Waals surface area contributed by atoms with Gasteiger partial charge in [0.05, 0.1) is 6.54 Å². The number of benzene rings is 1. The number of hydrogen-bond donors (Lipinski definition) is 1. The highest BCUT2D eigenvalue weighted by molar-refractivity contribution is 5.84. The van der Waals surface area contributed by atoms with E-state index in [1.807, 2.05) is 0 Å². The molecule has 108 valence electrons. The summed E-state index contributed by atoms with van der Waals surface area (Å²) in [6.07, 6.45) is 2.63. The van der Waals surface area contributed by atoms with Crippen LogP contribution in [0.2, 0.25) is 0 Å². The van der Waals surface area contributed by atoms with Crippen LogP contribution in [-0.2, 0) is 6.54 Å². The van der Waals surface area contributed by atoms with Crippen LogP contribution in [0.3, 0.4) is 0 Å². The van der Waals surface area contributed by atoms with Gasteiger partial charge in [0.2, 0.25) is 0 Å². The van der Waals surface area contributed by atoms with Gasteiger partial charge in [0.25, 0.3) is 0 Å². The van der Waals surface area contributed by atoms with Gasteiger partial charge in [0, 0.05) is 17.0 Å². The first-order chi connectivity index (χ1) is 9.56. The first-order valence-corrected chi connectivity index (χ1v) is 7.85. The third-order valence-corrected chi connectivity index (χ3v) is 4.15. The van der Waals surface area contributed by atoms with E-state index in [0.29, 0.717) is 12.0 Å². The highest BCUT2D eigenvalue weighted by Gasteiger charge is 2.30. The van der Waals surface area contributed by atoms with Crippen molar-refractivity contribution in [1.82, 2.24) is 5.32 Å². The lowest BCUT2D eigenvalue weighted by Gasteiger charge is -2.07. The van der Waals surface area contributed by atoms with Crippen molar-refractivity contribution in [3.8, 4) is 0 Å². The molecule has 20 heavy (non-hydrogen) atoms. The van der Waals surface area contributed by atoms with Gasteiger partial charge in [-0.25, -0.2) is 0 Å². The van der Waals surface area contributed by atoms with Gasteiger partial charge < -0.3 is 9.73 Å². The molecular formula is C18H25NO. The van der Waals surface area contributed by atoms with E-state index in [4.69, 9.17) is 4.42 Å². The zero-order chi connectivity index (χ0) is 14.3. The normalized spacial score (nSPS) is 15.7. The van der Waals surface area contributed by atoms with E-state index in [1.165, 1.54) is 29.4 Å². The van der Waals surface area contributed by atoms with Crippen molar-refractivity contribution < 1.29 is 4.42 Å².